The number of H-pyrrole nitrogens is 1. The van der Waals surface area contributed by atoms with E-state index in [1.807, 2.05) is 6.20 Å². The second-order valence-corrected chi connectivity index (χ2v) is 2.61. The van der Waals surface area contributed by atoms with E-state index in [4.69, 9.17) is 12.2 Å². The molecular formula is C7H10N2S. The topological polar surface area (TPSA) is 28.7 Å². The quantitative estimate of drug-likeness (QED) is 0.661. The SMILES string of the molecule is CCCc1cncc(=S)[nH]1. The first kappa shape index (κ1) is 7.41. The summed E-state index contributed by atoms with van der Waals surface area (Å²) in [6, 6.07) is 0. The zero-order valence-corrected chi connectivity index (χ0v) is 6.74. The Hall–Kier alpha value is -0.700. The number of nitrogens with zero attached hydrogens (tertiary/aromatic N) is 1. The van der Waals surface area contributed by atoms with Crippen LogP contribution in [0.3, 0.4) is 0 Å². The standard InChI is InChI=1S/C7H10N2S/c1-2-3-6-4-8-5-7(10)9-6/h4-5H,2-3H2,1H3,(H,9,10). The van der Waals surface area contributed by atoms with Crippen molar-refractivity contribution in [1.29, 1.82) is 0 Å². The van der Waals surface area contributed by atoms with E-state index in [0.717, 1.165) is 18.5 Å². The molecule has 1 aromatic heterocycles. The van der Waals surface area contributed by atoms with Gasteiger partial charge in [0.2, 0.25) is 0 Å². The predicted molar refractivity (Wildman–Crippen MR) is 43.4 cm³/mol. The molecule has 1 heterocycles. The van der Waals surface area contributed by atoms with E-state index in [9.17, 15) is 0 Å². The van der Waals surface area contributed by atoms with Gasteiger partial charge >= 0.3 is 0 Å². The van der Waals surface area contributed by atoms with Crippen LogP contribution in [0.25, 0.3) is 0 Å². The monoisotopic (exact) mass is 154 g/mol. The largest absolute Gasteiger partial charge is 0.347 e. The fourth-order valence-electron chi connectivity index (χ4n) is 0.814. The van der Waals surface area contributed by atoms with Crippen LogP contribution in [0.2, 0.25) is 0 Å². The van der Waals surface area contributed by atoms with E-state index in [2.05, 4.69) is 16.9 Å². The summed E-state index contributed by atoms with van der Waals surface area (Å²) in [6.07, 6.45) is 5.61. The van der Waals surface area contributed by atoms with Crippen molar-refractivity contribution in [1.82, 2.24) is 9.97 Å². The molecule has 0 saturated carbocycles. The summed E-state index contributed by atoms with van der Waals surface area (Å²) in [6.45, 7) is 2.13. The Kier molecular flexibility index (Phi) is 2.57. The molecule has 54 valence electrons. The van der Waals surface area contributed by atoms with E-state index in [1.165, 1.54) is 0 Å². The maximum absolute atomic E-state index is 4.90. The van der Waals surface area contributed by atoms with Gasteiger partial charge in [0.05, 0.1) is 6.20 Å². The summed E-state index contributed by atoms with van der Waals surface area (Å²) < 4.78 is 0.714. The van der Waals surface area contributed by atoms with Crippen molar-refractivity contribution >= 4 is 12.2 Å². The molecule has 0 aliphatic carbocycles. The van der Waals surface area contributed by atoms with Crippen molar-refractivity contribution in [2.24, 2.45) is 0 Å². The molecule has 0 aliphatic heterocycles. The fraction of sp³-hybridized carbons (Fsp3) is 0.429. The van der Waals surface area contributed by atoms with E-state index in [-0.39, 0.29) is 0 Å². The van der Waals surface area contributed by atoms with E-state index in [0.29, 0.717) is 4.64 Å². The van der Waals surface area contributed by atoms with Crippen molar-refractivity contribution < 1.29 is 0 Å². The molecule has 0 fully saturated rings. The van der Waals surface area contributed by atoms with Gasteiger partial charge in [0.25, 0.3) is 0 Å². The zero-order valence-electron chi connectivity index (χ0n) is 5.92. The van der Waals surface area contributed by atoms with Crippen molar-refractivity contribution in [2.75, 3.05) is 0 Å². The van der Waals surface area contributed by atoms with Crippen LogP contribution in [0.15, 0.2) is 12.4 Å². The molecule has 0 saturated heterocycles. The van der Waals surface area contributed by atoms with Crippen molar-refractivity contribution in [3.63, 3.8) is 0 Å². The molecular weight excluding hydrogens is 144 g/mol. The minimum atomic E-state index is 0.714. The average Bonchev–Trinajstić information content (AvgIpc) is 1.88. The lowest BCUT2D eigenvalue weighted by atomic mass is 10.3. The van der Waals surface area contributed by atoms with Gasteiger partial charge in [0.1, 0.15) is 4.64 Å². The molecule has 3 heteroatoms. The Balaban J connectivity index is 2.85. The average molecular weight is 154 g/mol. The lowest BCUT2D eigenvalue weighted by Crippen LogP contribution is -1.89. The molecule has 10 heavy (non-hydrogen) atoms. The van der Waals surface area contributed by atoms with Crippen LogP contribution in [-0.4, -0.2) is 9.97 Å². The Bertz CT molecular complexity index is 254. The Morgan fingerprint density at radius 1 is 1.60 bits per heavy atom. The summed E-state index contributed by atoms with van der Waals surface area (Å²) in [4.78, 5) is 7.03. The summed E-state index contributed by atoms with van der Waals surface area (Å²) in [7, 11) is 0. The number of hydrogen-bond acceptors (Lipinski definition) is 2. The molecule has 0 amide bonds. The van der Waals surface area contributed by atoms with E-state index < -0.39 is 0 Å². The maximum atomic E-state index is 4.90. The van der Waals surface area contributed by atoms with Crippen LogP contribution >= 0.6 is 12.2 Å². The summed E-state index contributed by atoms with van der Waals surface area (Å²) >= 11 is 4.90. The zero-order chi connectivity index (χ0) is 7.40. The first-order chi connectivity index (χ1) is 4.83. The van der Waals surface area contributed by atoms with Crippen LogP contribution in [0, 0.1) is 4.64 Å². The van der Waals surface area contributed by atoms with Crippen LogP contribution in [-0.2, 0) is 6.42 Å². The number of nitrogens with one attached hydrogen (secondary N) is 1. The maximum Gasteiger partial charge on any atom is 0.121 e. The third-order valence-corrected chi connectivity index (χ3v) is 1.43. The first-order valence-electron chi connectivity index (χ1n) is 3.36. The number of aromatic nitrogens is 2. The summed E-state index contributed by atoms with van der Waals surface area (Å²) in [5, 5.41) is 0. The molecule has 0 atom stereocenters. The van der Waals surface area contributed by atoms with Crippen LogP contribution in [0.4, 0.5) is 0 Å². The van der Waals surface area contributed by atoms with Gasteiger partial charge in [-0.05, 0) is 6.42 Å². The Morgan fingerprint density at radius 3 is 3.00 bits per heavy atom. The highest BCUT2D eigenvalue weighted by molar-refractivity contribution is 7.71. The van der Waals surface area contributed by atoms with Gasteiger partial charge in [-0.3, -0.25) is 4.98 Å². The molecule has 2 nitrogen and oxygen atoms in total. The molecule has 1 rings (SSSR count). The second kappa shape index (κ2) is 3.46. The molecule has 0 bridgehead atoms. The van der Waals surface area contributed by atoms with Gasteiger partial charge in [0.15, 0.2) is 0 Å². The molecule has 0 unspecified atom stereocenters. The third kappa shape index (κ3) is 1.92. The molecule has 0 aliphatic rings. The van der Waals surface area contributed by atoms with E-state index >= 15 is 0 Å². The van der Waals surface area contributed by atoms with E-state index in [1.54, 1.807) is 6.20 Å². The number of hydrogen-bond donors (Lipinski definition) is 1. The van der Waals surface area contributed by atoms with Crippen molar-refractivity contribution in [3.05, 3.63) is 22.7 Å². The first-order valence-corrected chi connectivity index (χ1v) is 3.77. The van der Waals surface area contributed by atoms with Gasteiger partial charge in [-0.25, -0.2) is 0 Å². The number of aromatic amines is 1. The molecule has 1 N–H and O–H groups in total. The lowest BCUT2D eigenvalue weighted by Gasteiger charge is -1.95. The van der Waals surface area contributed by atoms with Gasteiger partial charge in [-0.15, -0.1) is 0 Å². The third-order valence-electron chi connectivity index (χ3n) is 1.23. The lowest BCUT2D eigenvalue weighted by molar-refractivity contribution is 0.867. The van der Waals surface area contributed by atoms with Crippen molar-refractivity contribution in [3.8, 4) is 0 Å². The summed E-state index contributed by atoms with van der Waals surface area (Å²) in [5.41, 5.74) is 1.12. The van der Waals surface area contributed by atoms with Gasteiger partial charge < -0.3 is 4.98 Å². The minimum absolute atomic E-state index is 0.714. The highest BCUT2D eigenvalue weighted by Gasteiger charge is 1.88. The van der Waals surface area contributed by atoms with Crippen LogP contribution < -0.4 is 0 Å². The van der Waals surface area contributed by atoms with Gasteiger partial charge in [0, 0.05) is 11.9 Å². The molecule has 0 aromatic carbocycles. The van der Waals surface area contributed by atoms with Crippen LogP contribution in [0.5, 0.6) is 0 Å². The van der Waals surface area contributed by atoms with Crippen molar-refractivity contribution in [2.45, 2.75) is 19.8 Å². The van der Waals surface area contributed by atoms with Gasteiger partial charge in [-0.1, -0.05) is 25.6 Å². The number of rotatable bonds is 2. The fourth-order valence-corrected chi connectivity index (χ4v) is 1.01. The highest BCUT2D eigenvalue weighted by Crippen LogP contribution is 1.95. The van der Waals surface area contributed by atoms with Crippen LogP contribution in [0.1, 0.15) is 19.0 Å². The summed E-state index contributed by atoms with van der Waals surface area (Å²) in [5.74, 6) is 0. The normalized spacial score (nSPS) is 9.70. The predicted octanol–water partition coefficient (Wildman–Crippen LogP) is 2.09. The number of aryl methyl sites for hydroxylation is 1. The molecule has 0 radical (unpaired) electrons. The minimum Gasteiger partial charge on any atom is -0.347 e. The molecule has 0 spiro atoms. The van der Waals surface area contributed by atoms with Gasteiger partial charge in [-0.2, -0.15) is 0 Å². The smallest absolute Gasteiger partial charge is 0.121 e. The molecule has 1 aromatic rings. The highest BCUT2D eigenvalue weighted by atomic mass is 32.1. The second-order valence-electron chi connectivity index (χ2n) is 2.17. The Labute approximate surface area is 65.3 Å². The Morgan fingerprint density at radius 2 is 2.40 bits per heavy atom.